The molecule has 0 atom stereocenters. The first-order valence-corrected chi connectivity index (χ1v) is 5.49. The molecule has 5 heteroatoms. The second-order valence-corrected chi connectivity index (χ2v) is 3.78. The molecular weight excluding hydrogens is 257 g/mol. The van der Waals surface area contributed by atoms with E-state index in [0.717, 1.165) is 12.1 Å². The molecule has 2 rings (SSSR count). The molecule has 0 unspecified atom stereocenters. The molecule has 100 valence electrons. The highest BCUT2D eigenvalue weighted by Crippen LogP contribution is 2.35. The van der Waals surface area contributed by atoms with Gasteiger partial charge in [-0.15, -0.1) is 0 Å². The Labute approximate surface area is 108 Å². The summed E-state index contributed by atoms with van der Waals surface area (Å²) in [6, 6.07) is 11.5. The lowest BCUT2D eigenvalue weighted by Gasteiger charge is -2.12. The van der Waals surface area contributed by atoms with Crippen LogP contribution in [0.3, 0.4) is 0 Å². The van der Waals surface area contributed by atoms with Gasteiger partial charge >= 0.3 is 6.18 Å². The van der Waals surface area contributed by atoms with Crippen molar-refractivity contribution in [1.29, 1.82) is 0 Å². The van der Waals surface area contributed by atoms with Crippen LogP contribution in [0.2, 0.25) is 0 Å². The summed E-state index contributed by atoms with van der Waals surface area (Å²) in [6.45, 7) is 0. The second kappa shape index (κ2) is 5.22. The van der Waals surface area contributed by atoms with Crippen LogP contribution in [0.4, 0.5) is 13.2 Å². The Morgan fingerprint density at radius 1 is 0.895 bits per heavy atom. The Morgan fingerprint density at radius 3 is 2.21 bits per heavy atom. The van der Waals surface area contributed by atoms with Gasteiger partial charge in [-0.2, -0.15) is 13.2 Å². The fraction of sp³-hybridized carbons (Fsp3) is 0.143. The molecule has 0 saturated heterocycles. The summed E-state index contributed by atoms with van der Waals surface area (Å²) in [5.41, 5.74) is -0.750. The number of halogens is 3. The van der Waals surface area contributed by atoms with Crippen LogP contribution in [0.1, 0.15) is 5.56 Å². The first-order valence-electron chi connectivity index (χ1n) is 5.49. The van der Waals surface area contributed by atoms with E-state index in [0.29, 0.717) is 11.5 Å². The van der Waals surface area contributed by atoms with Crippen molar-refractivity contribution in [2.45, 2.75) is 6.18 Å². The summed E-state index contributed by atoms with van der Waals surface area (Å²) < 4.78 is 48.2. The number of benzene rings is 2. The zero-order valence-electron chi connectivity index (χ0n) is 10.1. The molecule has 2 nitrogen and oxygen atoms in total. The molecule has 2 aromatic rings. The predicted molar refractivity (Wildman–Crippen MR) is 64.5 cm³/mol. The van der Waals surface area contributed by atoms with Crippen LogP contribution in [-0.4, -0.2) is 7.11 Å². The molecule has 0 bridgehead atoms. The minimum atomic E-state index is -4.39. The van der Waals surface area contributed by atoms with E-state index in [1.807, 2.05) is 0 Å². The molecule has 0 heterocycles. The number of rotatable bonds is 3. The highest BCUT2D eigenvalue weighted by atomic mass is 19.4. The summed E-state index contributed by atoms with van der Waals surface area (Å²) in [6.07, 6.45) is -4.39. The average Bonchev–Trinajstić information content (AvgIpc) is 2.39. The summed E-state index contributed by atoms with van der Waals surface area (Å²) >= 11 is 0. The van der Waals surface area contributed by atoms with E-state index in [-0.39, 0.29) is 5.75 Å². The van der Waals surface area contributed by atoms with E-state index < -0.39 is 11.7 Å². The van der Waals surface area contributed by atoms with E-state index in [9.17, 15) is 13.2 Å². The Balaban J connectivity index is 2.29. The first kappa shape index (κ1) is 13.3. The largest absolute Gasteiger partial charge is 0.493 e. The minimum absolute atomic E-state index is 0.110. The maximum absolute atomic E-state index is 12.6. The van der Waals surface area contributed by atoms with Gasteiger partial charge in [-0.3, -0.25) is 0 Å². The number of para-hydroxylation sites is 2. The summed E-state index contributed by atoms with van der Waals surface area (Å²) in [5, 5.41) is 0. The van der Waals surface area contributed by atoms with Gasteiger partial charge < -0.3 is 9.47 Å². The molecule has 0 N–H and O–H groups in total. The summed E-state index contributed by atoms with van der Waals surface area (Å²) in [5.74, 6) is 0.934. The normalized spacial score (nSPS) is 11.2. The summed E-state index contributed by atoms with van der Waals surface area (Å²) in [7, 11) is 1.47. The standard InChI is InChI=1S/C14H11F3O2/c1-18-12-7-2-3-8-13(12)19-11-6-4-5-10(9-11)14(15,16)17/h2-9H,1H3. The van der Waals surface area contributed by atoms with Gasteiger partial charge in [0.2, 0.25) is 0 Å². The van der Waals surface area contributed by atoms with Gasteiger partial charge in [-0.25, -0.2) is 0 Å². The van der Waals surface area contributed by atoms with Crippen molar-refractivity contribution in [2.75, 3.05) is 7.11 Å². The smallest absolute Gasteiger partial charge is 0.416 e. The minimum Gasteiger partial charge on any atom is -0.493 e. The summed E-state index contributed by atoms with van der Waals surface area (Å²) in [4.78, 5) is 0. The van der Waals surface area contributed by atoms with Gasteiger partial charge in [0.25, 0.3) is 0 Å². The van der Waals surface area contributed by atoms with Crippen molar-refractivity contribution in [2.24, 2.45) is 0 Å². The quantitative estimate of drug-likeness (QED) is 0.815. The van der Waals surface area contributed by atoms with Crippen LogP contribution in [0, 0.1) is 0 Å². The van der Waals surface area contributed by atoms with Gasteiger partial charge in [0, 0.05) is 0 Å². The number of hydrogen-bond acceptors (Lipinski definition) is 2. The number of methoxy groups -OCH3 is 1. The Kier molecular flexibility index (Phi) is 3.64. The van der Waals surface area contributed by atoms with Crippen LogP contribution in [0.25, 0.3) is 0 Å². The third-order valence-electron chi connectivity index (χ3n) is 2.46. The zero-order chi connectivity index (χ0) is 13.9. The topological polar surface area (TPSA) is 18.5 Å². The van der Waals surface area contributed by atoms with Gasteiger partial charge in [-0.05, 0) is 30.3 Å². The molecule has 0 aliphatic carbocycles. The molecule has 0 amide bonds. The highest BCUT2D eigenvalue weighted by molar-refractivity contribution is 5.43. The molecule has 0 spiro atoms. The molecule has 2 aromatic carbocycles. The SMILES string of the molecule is COc1ccccc1Oc1cccc(C(F)(F)F)c1. The molecule has 19 heavy (non-hydrogen) atoms. The highest BCUT2D eigenvalue weighted by Gasteiger charge is 2.30. The molecule has 0 aliphatic heterocycles. The zero-order valence-corrected chi connectivity index (χ0v) is 10.1. The van der Waals surface area contributed by atoms with E-state index in [4.69, 9.17) is 9.47 Å². The van der Waals surface area contributed by atoms with E-state index in [1.54, 1.807) is 24.3 Å². The second-order valence-electron chi connectivity index (χ2n) is 3.78. The maximum atomic E-state index is 12.6. The van der Waals surface area contributed by atoms with Gasteiger partial charge in [0.1, 0.15) is 5.75 Å². The van der Waals surface area contributed by atoms with E-state index in [2.05, 4.69) is 0 Å². The molecule has 0 aliphatic rings. The van der Waals surface area contributed by atoms with Crippen LogP contribution in [-0.2, 0) is 6.18 Å². The van der Waals surface area contributed by atoms with Gasteiger partial charge in [0.05, 0.1) is 12.7 Å². The monoisotopic (exact) mass is 268 g/mol. The Morgan fingerprint density at radius 2 is 1.58 bits per heavy atom. The third kappa shape index (κ3) is 3.19. The third-order valence-corrected chi connectivity index (χ3v) is 2.46. The molecule has 0 radical (unpaired) electrons. The lowest BCUT2D eigenvalue weighted by atomic mass is 10.2. The number of hydrogen-bond donors (Lipinski definition) is 0. The van der Waals surface area contributed by atoms with Crippen molar-refractivity contribution in [3.05, 3.63) is 54.1 Å². The fourth-order valence-electron chi connectivity index (χ4n) is 1.57. The Hall–Kier alpha value is -2.17. The average molecular weight is 268 g/mol. The maximum Gasteiger partial charge on any atom is 0.416 e. The van der Waals surface area contributed by atoms with Crippen LogP contribution in [0.15, 0.2) is 48.5 Å². The number of alkyl halides is 3. The van der Waals surface area contributed by atoms with Crippen molar-refractivity contribution >= 4 is 0 Å². The Bertz CT molecular complexity index is 565. The van der Waals surface area contributed by atoms with Crippen LogP contribution in [0.5, 0.6) is 17.2 Å². The van der Waals surface area contributed by atoms with E-state index >= 15 is 0 Å². The molecule has 0 saturated carbocycles. The molecule has 0 aromatic heterocycles. The van der Waals surface area contributed by atoms with Crippen LogP contribution >= 0.6 is 0 Å². The first-order chi connectivity index (χ1) is 9.00. The van der Waals surface area contributed by atoms with Crippen molar-refractivity contribution in [3.8, 4) is 17.2 Å². The lowest BCUT2D eigenvalue weighted by molar-refractivity contribution is -0.137. The van der Waals surface area contributed by atoms with Gasteiger partial charge in [-0.1, -0.05) is 18.2 Å². The fourth-order valence-corrected chi connectivity index (χ4v) is 1.57. The van der Waals surface area contributed by atoms with E-state index in [1.165, 1.54) is 19.2 Å². The lowest BCUT2D eigenvalue weighted by Crippen LogP contribution is -2.04. The molecule has 0 fully saturated rings. The predicted octanol–water partition coefficient (Wildman–Crippen LogP) is 4.51. The van der Waals surface area contributed by atoms with Gasteiger partial charge in [0.15, 0.2) is 11.5 Å². The van der Waals surface area contributed by atoms with Crippen molar-refractivity contribution < 1.29 is 22.6 Å². The molecular formula is C14H11F3O2. The van der Waals surface area contributed by atoms with Crippen molar-refractivity contribution in [1.82, 2.24) is 0 Å². The van der Waals surface area contributed by atoms with Crippen molar-refractivity contribution in [3.63, 3.8) is 0 Å². The van der Waals surface area contributed by atoms with Crippen LogP contribution < -0.4 is 9.47 Å². The number of ether oxygens (including phenoxy) is 2.